The molecular formula is C15H24N2O. The van der Waals surface area contributed by atoms with Gasteiger partial charge in [0.25, 0.3) is 0 Å². The smallest absolute Gasteiger partial charge is 0.223 e. The number of rotatable bonds is 3. The third kappa shape index (κ3) is 3.25. The summed E-state index contributed by atoms with van der Waals surface area (Å²) in [4.78, 5) is 12.1. The quantitative estimate of drug-likeness (QED) is 0.834. The summed E-state index contributed by atoms with van der Waals surface area (Å²) in [5.41, 5.74) is 0. The predicted octanol–water partition coefficient (Wildman–Crippen LogP) is 3.01. The van der Waals surface area contributed by atoms with Crippen molar-refractivity contribution < 1.29 is 4.79 Å². The summed E-state index contributed by atoms with van der Waals surface area (Å²) in [7, 11) is 0. The Morgan fingerprint density at radius 2 is 2.00 bits per heavy atom. The molecule has 100 valence electrons. The van der Waals surface area contributed by atoms with Gasteiger partial charge in [-0.1, -0.05) is 25.7 Å². The van der Waals surface area contributed by atoms with Gasteiger partial charge in [-0.3, -0.25) is 4.79 Å². The highest BCUT2D eigenvalue weighted by Crippen LogP contribution is 2.42. The molecule has 3 heteroatoms. The number of nitriles is 1. The monoisotopic (exact) mass is 248 g/mol. The zero-order chi connectivity index (χ0) is 13.0. The van der Waals surface area contributed by atoms with Crippen LogP contribution in [0, 0.1) is 29.1 Å². The molecule has 3 nitrogen and oxygen atoms in total. The average Bonchev–Trinajstić information content (AvgIpc) is 2.38. The van der Waals surface area contributed by atoms with Gasteiger partial charge in [0.2, 0.25) is 5.91 Å². The second-order valence-corrected chi connectivity index (χ2v) is 6.09. The van der Waals surface area contributed by atoms with Crippen molar-refractivity contribution in [1.29, 1.82) is 5.26 Å². The molecule has 0 saturated heterocycles. The van der Waals surface area contributed by atoms with Gasteiger partial charge in [0.05, 0.1) is 12.5 Å². The topological polar surface area (TPSA) is 52.9 Å². The van der Waals surface area contributed by atoms with Crippen molar-refractivity contribution in [2.24, 2.45) is 17.8 Å². The normalized spacial score (nSPS) is 33.0. The van der Waals surface area contributed by atoms with E-state index in [1.54, 1.807) is 0 Å². The van der Waals surface area contributed by atoms with Gasteiger partial charge in [-0.25, -0.2) is 0 Å². The summed E-state index contributed by atoms with van der Waals surface area (Å²) >= 11 is 0. The molecule has 2 saturated carbocycles. The molecule has 0 spiro atoms. The molecule has 2 rings (SSSR count). The Morgan fingerprint density at radius 1 is 1.28 bits per heavy atom. The first-order valence-electron chi connectivity index (χ1n) is 7.38. The van der Waals surface area contributed by atoms with Crippen LogP contribution in [0.4, 0.5) is 0 Å². The third-order valence-corrected chi connectivity index (χ3v) is 4.70. The number of carbonyl (C=O) groups excluding carboxylic acids is 1. The largest absolute Gasteiger partial charge is 0.352 e. The third-order valence-electron chi connectivity index (χ3n) is 4.70. The number of fused-ring (bicyclic) bond motifs is 1. The van der Waals surface area contributed by atoms with Crippen LogP contribution in [0.5, 0.6) is 0 Å². The van der Waals surface area contributed by atoms with Crippen LogP contribution in [0.15, 0.2) is 0 Å². The maximum atomic E-state index is 12.1. The lowest BCUT2D eigenvalue weighted by Gasteiger charge is -2.39. The van der Waals surface area contributed by atoms with E-state index in [4.69, 9.17) is 5.26 Å². The van der Waals surface area contributed by atoms with Crippen LogP contribution in [0.25, 0.3) is 0 Å². The molecule has 2 aliphatic carbocycles. The molecule has 0 aromatic rings. The van der Waals surface area contributed by atoms with E-state index in [9.17, 15) is 4.79 Å². The van der Waals surface area contributed by atoms with Crippen LogP contribution in [0.1, 0.15) is 58.3 Å². The first-order chi connectivity index (χ1) is 8.70. The number of amides is 1. The second-order valence-electron chi connectivity index (χ2n) is 6.09. The zero-order valence-electron chi connectivity index (χ0n) is 11.3. The first-order valence-corrected chi connectivity index (χ1v) is 7.38. The van der Waals surface area contributed by atoms with Crippen LogP contribution in [-0.4, -0.2) is 11.9 Å². The molecule has 0 bridgehead atoms. The SMILES string of the molecule is CC(CC#N)NC(=O)C1CCC2CCCCC2C1. The van der Waals surface area contributed by atoms with Gasteiger partial charge in [-0.05, 0) is 38.0 Å². The Morgan fingerprint density at radius 3 is 2.72 bits per heavy atom. The summed E-state index contributed by atoms with van der Waals surface area (Å²) in [6.45, 7) is 1.91. The van der Waals surface area contributed by atoms with E-state index in [1.807, 2.05) is 6.92 Å². The number of hydrogen-bond donors (Lipinski definition) is 1. The van der Waals surface area contributed by atoms with Crippen molar-refractivity contribution in [1.82, 2.24) is 5.32 Å². The predicted molar refractivity (Wildman–Crippen MR) is 70.6 cm³/mol. The number of carbonyl (C=O) groups is 1. The van der Waals surface area contributed by atoms with Gasteiger partial charge < -0.3 is 5.32 Å². The van der Waals surface area contributed by atoms with Gasteiger partial charge in [-0.15, -0.1) is 0 Å². The van der Waals surface area contributed by atoms with Gasteiger partial charge in [0.15, 0.2) is 0 Å². The molecule has 4 unspecified atom stereocenters. The summed E-state index contributed by atoms with van der Waals surface area (Å²) in [6, 6.07) is 2.10. The summed E-state index contributed by atoms with van der Waals surface area (Å²) in [6.07, 6.45) is 9.20. The van der Waals surface area contributed by atoms with E-state index < -0.39 is 0 Å². The van der Waals surface area contributed by atoms with Crippen LogP contribution in [-0.2, 0) is 4.79 Å². The number of nitrogens with one attached hydrogen (secondary N) is 1. The molecule has 18 heavy (non-hydrogen) atoms. The molecule has 0 aromatic heterocycles. The van der Waals surface area contributed by atoms with Crippen molar-refractivity contribution in [2.45, 2.75) is 64.3 Å². The maximum absolute atomic E-state index is 12.1. The fourth-order valence-corrected chi connectivity index (χ4v) is 3.66. The Bertz CT molecular complexity index is 334. The van der Waals surface area contributed by atoms with Gasteiger partial charge >= 0.3 is 0 Å². The van der Waals surface area contributed by atoms with Crippen LogP contribution in [0.2, 0.25) is 0 Å². The molecule has 4 atom stereocenters. The Labute approximate surface area is 110 Å². The highest BCUT2D eigenvalue weighted by atomic mass is 16.1. The molecule has 1 N–H and O–H groups in total. The lowest BCUT2D eigenvalue weighted by molar-refractivity contribution is -0.127. The fraction of sp³-hybridized carbons (Fsp3) is 0.867. The van der Waals surface area contributed by atoms with E-state index >= 15 is 0 Å². The Kier molecular flexibility index (Phi) is 4.63. The number of nitrogens with zero attached hydrogens (tertiary/aromatic N) is 1. The summed E-state index contributed by atoms with van der Waals surface area (Å²) in [5, 5.41) is 11.6. The first kappa shape index (κ1) is 13.4. The lowest BCUT2D eigenvalue weighted by Crippen LogP contribution is -2.40. The standard InChI is InChI=1S/C15H24N2O/c1-11(8-9-16)17-15(18)14-7-6-12-4-2-3-5-13(12)10-14/h11-14H,2-8,10H2,1H3,(H,17,18). The van der Waals surface area contributed by atoms with Crippen molar-refractivity contribution in [3.05, 3.63) is 0 Å². The minimum Gasteiger partial charge on any atom is -0.352 e. The van der Waals surface area contributed by atoms with Crippen molar-refractivity contribution in [3.63, 3.8) is 0 Å². The maximum Gasteiger partial charge on any atom is 0.223 e. The van der Waals surface area contributed by atoms with Crippen molar-refractivity contribution >= 4 is 5.91 Å². The van der Waals surface area contributed by atoms with Crippen LogP contribution < -0.4 is 5.32 Å². The highest BCUT2D eigenvalue weighted by molar-refractivity contribution is 5.79. The highest BCUT2D eigenvalue weighted by Gasteiger charge is 2.35. The molecule has 0 aromatic carbocycles. The molecule has 2 aliphatic rings. The molecule has 0 heterocycles. The van der Waals surface area contributed by atoms with E-state index in [0.29, 0.717) is 6.42 Å². The van der Waals surface area contributed by atoms with Crippen molar-refractivity contribution in [2.75, 3.05) is 0 Å². The minimum absolute atomic E-state index is 0.00780. The second kappa shape index (κ2) is 6.22. The van der Waals surface area contributed by atoms with Crippen LogP contribution >= 0.6 is 0 Å². The summed E-state index contributed by atoms with van der Waals surface area (Å²) in [5.74, 6) is 2.06. The van der Waals surface area contributed by atoms with Gasteiger partial charge in [-0.2, -0.15) is 5.26 Å². The van der Waals surface area contributed by atoms with Crippen LogP contribution in [0.3, 0.4) is 0 Å². The van der Waals surface area contributed by atoms with E-state index in [1.165, 1.54) is 32.1 Å². The molecular weight excluding hydrogens is 224 g/mol. The van der Waals surface area contributed by atoms with Gasteiger partial charge in [0, 0.05) is 12.0 Å². The van der Waals surface area contributed by atoms with Crippen molar-refractivity contribution in [3.8, 4) is 6.07 Å². The molecule has 0 aliphatic heterocycles. The molecule has 0 radical (unpaired) electrons. The minimum atomic E-state index is -0.00780. The van der Waals surface area contributed by atoms with E-state index in [-0.39, 0.29) is 17.9 Å². The fourth-order valence-electron chi connectivity index (χ4n) is 3.66. The lowest BCUT2D eigenvalue weighted by atomic mass is 9.67. The Balaban J connectivity index is 1.83. The molecule has 2 fully saturated rings. The van der Waals surface area contributed by atoms with Gasteiger partial charge in [0.1, 0.15) is 0 Å². The van der Waals surface area contributed by atoms with E-state index in [2.05, 4.69) is 11.4 Å². The zero-order valence-corrected chi connectivity index (χ0v) is 11.3. The Hall–Kier alpha value is -1.04. The molecule has 1 amide bonds. The average molecular weight is 248 g/mol. The number of hydrogen-bond acceptors (Lipinski definition) is 2. The van der Waals surface area contributed by atoms with E-state index in [0.717, 1.165) is 24.7 Å². The summed E-state index contributed by atoms with van der Waals surface area (Å²) < 4.78 is 0.